The van der Waals surface area contributed by atoms with E-state index < -0.39 is 0 Å². The van der Waals surface area contributed by atoms with Crippen molar-refractivity contribution in [3.8, 4) is 5.75 Å². The predicted molar refractivity (Wildman–Crippen MR) is 187 cm³/mol. The number of hydrogen-bond donors (Lipinski definition) is 0. The van der Waals surface area contributed by atoms with E-state index >= 15 is 0 Å². The summed E-state index contributed by atoms with van der Waals surface area (Å²) in [6.07, 6.45) is 35.0. The summed E-state index contributed by atoms with van der Waals surface area (Å²) in [5.74, 6) is 0.961. The third kappa shape index (κ3) is 19.9. The average molecular weight is 576 g/mol. The molecule has 0 spiro atoms. The quantitative estimate of drug-likeness (QED) is 0.0730. The molecule has 0 atom stereocenters. The Morgan fingerprint density at radius 3 is 1.38 bits per heavy atom. The van der Waals surface area contributed by atoms with Gasteiger partial charge in [0.15, 0.2) is 0 Å². The average Bonchev–Trinajstić information content (AvgIpc) is 3.02. The van der Waals surface area contributed by atoms with Gasteiger partial charge in [0.25, 0.3) is 0 Å². The lowest BCUT2D eigenvalue weighted by Gasteiger charge is -2.07. The molecule has 0 aliphatic carbocycles. The number of ether oxygens (including phenoxy) is 1. The molecule has 0 N–H and O–H groups in total. The molecule has 236 valence electrons. The van der Waals surface area contributed by atoms with Crippen LogP contribution >= 0.6 is 0 Å². The van der Waals surface area contributed by atoms with Gasteiger partial charge in [0.05, 0.1) is 12.3 Å². The van der Waals surface area contributed by atoms with Gasteiger partial charge < -0.3 is 4.74 Å². The SMILES string of the molecule is CCCCCCCCCCCCCCCCCCOc1ccc(C=Nc2ccc(CCCCCCCCC)cc2)cc1. The number of unbranched alkanes of at least 4 members (excludes halogenated alkanes) is 21. The smallest absolute Gasteiger partial charge is 0.119 e. The van der Waals surface area contributed by atoms with Gasteiger partial charge in [-0.2, -0.15) is 0 Å². The molecule has 2 nitrogen and oxygen atoms in total. The standard InChI is InChI=1S/C40H65NO/c1-3-5-7-9-11-12-13-14-15-16-17-18-19-21-23-25-35-42-40-33-29-38(30-34-40)36-41-39-31-27-37(28-32-39)26-24-22-20-10-8-6-4-2/h27-34,36H,3-26,35H2,1-2H3. The minimum absolute atomic E-state index is 0.817. The fraction of sp³-hybridized carbons (Fsp3) is 0.675. The van der Waals surface area contributed by atoms with Crippen molar-refractivity contribution in [2.75, 3.05) is 6.61 Å². The fourth-order valence-electron chi connectivity index (χ4n) is 5.67. The molecule has 0 unspecified atom stereocenters. The topological polar surface area (TPSA) is 21.6 Å². The lowest BCUT2D eigenvalue weighted by Crippen LogP contribution is -1.97. The molecule has 0 heterocycles. The molecule has 2 heteroatoms. The van der Waals surface area contributed by atoms with E-state index in [0.717, 1.165) is 30.0 Å². The van der Waals surface area contributed by atoms with Crippen LogP contribution in [0.25, 0.3) is 0 Å². The van der Waals surface area contributed by atoms with Crippen molar-refractivity contribution in [2.24, 2.45) is 4.99 Å². The van der Waals surface area contributed by atoms with Crippen molar-refractivity contribution in [1.82, 2.24) is 0 Å². The molecule has 0 aromatic heterocycles. The predicted octanol–water partition coefficient (Wildman–Crippen LogP) is 13.4. The van der Waals surface area contributed by atoms with E-state index in [0.29, 0.717) is 0 Å². The zero-order valence-electron chi connectivity index (χ0n) is 27.7. The Kier molecular flexibility index (Phi) is 22.8. The Labute approximate surface area is 261 Å². The van der Waals surface area contributed by atoms with Crippen LogP contribution in [0.15, 0.2) is 53.5 Å². The molecular weight excluding hydrogens is 510 g/mol. The highest BCUT2D eigenvalue weighted by Gasteiger charge is 1.99. The van der Waals surface area contributed by atoms with E-state index in [-0.39, 0.29) is 0 Å². The lowest BCUT2D eigenvalue weighted by molar-refractivity contribution is 0.304. The van der Waals surface area contributed by atoms with Gasteiger partial charge in [-0.15, -0.1) is 0 Å². The first-order chi connectivity index (χ1) is 20.8. The van der Waals surface area contributed by atoms with Gasteiger partial charge >= 0.3 is 0 Å². The molecular formula is C40H65NO. The van der Waals surface area contributed by atoms with Crippen LogP contribution in [0.5, 0.6) is 5.75 Å². The highest BCUT2D eigenvalue weighted by Crippen LogP contribution is 2.18. The maximum Gasteiger partial charge on any atom is 0.119 e. The largest absolute Gasteiger partial charge is 0.494 e. The molecule has 0 fully saturated rings. The minimum Gasteiger partial charge on any atom is -0.494 e. The van der Waals surface area contributed by atoms with Crippen LogP contribution in [0, 0.1) is 0 Å². The van der Waals surface area contributed by atoms with Gasteiger partial charge in [0, 0.05) is 6.21 Å². The van der Waals surface area contributed by atoms with Crippen molar-refractivity contribution in [1.29, 1.82) is 0 Å². The van der Waals surface area contributed by atoms with Gasteiger partial charge in [0.2, 0.25) is 0 Å². The third-order valence-corrected chi connectivity index (χ3v) is 8.51. The number of benzene rings is 2. The van der Waals surface area contributed by atoms with E-state index in [2.05, 4.69) is 67.4 Å². The summed E-state index contributed by atoms with van der Waals surface area (Å²) in [5, 5.41) is 0. The van der Waals surface area contributed by atoms with Crippen LogP contribution in [0.1, 0.15) is 173 Å². The summed E-state index contributed by atoms with van der Waals surface area (Å²) in [4.78, 5) is 4.67. The van der Waals surface area contributed by atoms with E-state index in [1.807, 2.05) is 6.21 Å². The summed E-state index contributed by atoms with van der Waals surface area (Å²) in [6.45, 7) is 5.39. The highest BCUT2D eigenvalue weighted by atomic mass is 16.5. The molecule has 0 saturated heterocycles. The van der Waals surface area contributed by atoms with Crippen molar-refractivity contribution in [3.05, 3.63) is 59.7 Å². The summed E-state index contributed by atoms with van der Waals surface area (Å²) < 4.78 is 5.98. The molecule has 0 saturated carbocycles. The summed E-state index contributed by atoms with van der Waals surface area (Å²) in [6, 6.07) is 17.1. The number of aryl methyl sites for hydroxylation is 1. The van der Waals surface area contributed by atoms with Gasteiger partial charge in [0.1, 0.15) is 5.75 Å². The Bertz CT molecular complexity index is 870. The molecule has 2 rings (SSSR count). The van der Waals surface area contributed by atoms with Gasteiger partial charge in [-0.1, -0.05) is 161 Å². The number of aliphatic imine (C=N–C) groups is 1. The normalized spacial score (nSPS) is 11.5. The molecule has 0 amide bonds. The first kappa shape index (κ1) is 36.1. The van der Waals surface area contributed by atoms with Crippen molar-refractivity contribution in [3.63, 3.8) is 0 Å². The molecule has 0 aliphatic heterocycles. The molecule has 0 aliphatic rings. The maximum atomic E-state index is 5.98. The molecule has 2 aromatic rings. The van der Waals surface area contributed by atoms with Gasteiger partial charge in [-0.3, -0.25) is 4.99 Å². The lowest BCUT2D eigenvalue weighted by atomic mass is 10.0. The maximum absolute atomic E-state index is 5.98. The minimum atomic E-state index is 0.817. The first-order valence-corrected chi connectivity index (χ1v) is 18.2. The molecule has 0 bridgehead atoms. The second kappa shape index (κ2) is 26.5. The van der Waals surface area contributed by atoms with Crippen LogP contribution in [0.2, 0.25) is 0 Å². The summed E-state index contributed by atoms with van der Waals surface area (Å²) in [5.41, 5.74) is 3.55. The van der Waals surface area contributed by atoms with Crippen LogP contribution in [-0.4, -0.2) is 12.8 Å². The fourth-order valence-corrected chi connectivity index (χ4v) is 5.67. The Morgan fingerprint density at radius 1 is 0.476 bits per heavy atom. The van der Waals surface area contributed by atoms with E-state index in [4.69, 9.17) is 4.74 Å². The second-order valence-corrected chi connectivity index (χ2v) is 12.5. The number of rotatable bonds is 28. The zero-order valence-corrected chi connectivity index (χ0v) is 27.7. The van der Waals surface area contributed by atoms with E-state index in [9.17, 15) is 0 Å². The van der Waals surface area contributed by atoms with Crippen LogP contribution in [0.4, 0.5) is 5.69 Å². The molecule has 42 heavy (non-hydrogen) atoms. The summed E-state index contributed by atoms with van der Waals surface area (Å²) in [7, 11) is 0. The van der Waals surface area contributed by atoms with Crippen LogP contribution < -0.4 is 4.74 Å². The number of nitrogens with zero attached hydrogens (tertiary/aromatic N) is 1. The Hall–Kier alpha value is -2.09. The van der Waals surface area contributed by atoms with E-state index in [1.165, 1.54) is 153 Å². The second-order valence-electron chi connectivity index (χ2n) is 12.5. The highest BCUT2D eigenvalue weighted by molar-refractivity contribution is 5.82. The monoisotopic (exact) mass is 576 g/mol. The molecule has 0 radical (unpaired) electrons. The summed E-state index contributed by atoms with van der Waals surface area (Å²) >= 11 is 0. The third-order valence-electron chi connectivity index (χ3n) is 8.51. The molecule has 2 aromatic carbocycles. The van der Waals surface area contributed by atoms with Crippen molar-refractivity contribution >= 4 is 11.9 Å². The van der Waals surface area contributed by atoms with Crippen LogP contribution in [0.3, 0.4) is 0 Å². The van der Waals surface area contributed by atoms with Crippen molar-refractivity contribution < 1.29 is 4.74 Å². The van der Waals surface area contributed by atoms with E-state index in [1.54, 1.807) is 0 Å². The number of hydrogen-bond acceptors (Lipinski definition) is 2. The first-order valence-electron chi connectivity index (χ1n) is 18.2. The van der Waals surface area contributed by atoms with Crippen molar-refractivity contribution in [2.45, 2.75) is 168 Å². The Balaban J connectivity index is 1.44. The zero-order chi connectivity index (χ0) is 29.8. The Morgan fingerprint density at radius 2 is 0.905 bits per heavy atom. The van der Waals surface area contributed by atoms with Gasteiger partial charge in [-0.05, 0) is 66.8 Å². The van der Waals surface area contributed by atoms with Crippen LogP contribution in [-0.2, 0) is 6.42 Å². The van der Waals surface area contributed by atoms with Gasteiger partial charge in [-0.25, -0.2) is 0 Å².